The number of hydrogen-bond acceptors (Lipinski definition) is 3. The van der Waals surface area contributed by atoms with Gasteiger partial charge in [0.1, 0.15) is 12.1 Å². The molecule has 1 heterocycles. The Labute approximate surface area is 99.1 Å². The minimum Gasteiger partial charge on any atom is -0.494 e. The lowest BCUT2D eigenvalue weighted by Gasteiger charge is -2.07. The van der Waals surface area contributed by atoms with Crippen molar-refractivity contribution in [2.45, 2.75) is 19.8 Å². The molecule has 2 aromatic rings. The molecule has 5 heteroatoms. The normalized spacial score (nSPS) is 10.4. The molecule has 0 saturated heterocycles. The monoisotopic (exact) mass is 233 g/mol. The van der Waals surface area contributed by atoms with Gasteiger partial charge in [0.15, 0.2) is 0 Å². The molecule has 0 fully saturated rings. The van der Waals surface area contributed by atoms with Gasteiger partial charge in [0.25, 0.3) is 0 Å². The summed E-state index contributed by atoms with van der Waals surface area (Å²) in [6.45, 7) is 2.81. The van der Waals surface area contributed by atoms with Crippen LogP contribution in [0.2, 0.25) is 0 Å². The van der Waals surface area contributed by atoms with Crippen molar-refractivity contribution in [2.24, 2.45) is 0 Å². The molecule has 0 atom stereocenters. The van der Waals surface area contributed by atoms with Crippen LogP contribution >= 0.6 is 0 Å². The summed E-state index contributed by atoms with van der Waals surface area (Å²) in [6.07, 6.45) is 3.57. The first-order valence-electron chi connectivity index (χ1n) is 5.66. The molecule has 0 amide bonds. The molecular formula is C12H15N3O2. The maximum atomic E-state index is 11.4. The number of H-pyrrole nitrogens is 1. The predicted molar refractivity (Wildman–Crippen MR) is 64.6 cm³/mol. The number of aromatic amines is 1. The summed E-state index contributed by atoms with van der Waals surface area (Å²) in [5.41, 5.74) is 0.494. The van der Waals surface area contributed by atoms with E-state index < -0.39 is 0 Å². The third-order valence-corrected chi connectivity index (χ3v) is 2.41. The van der Waals surface area contributed by atoms with Crippen molar-refractivity contribution in [1.29, 1.82) is 0 Å². The van der Waals surface area contributed by atoms with Gasteiger partial charge in [-0.1, -0.05) is 19.4 Å². The van der Waals surface area contributed by atoms with Gasteiger partial charge >= 0.3 is 5.69 Å². The van der Waals surface area contributed by atoms with Crippen molar-refractivity contribution in [3.05, 3.63) is 41.1 Å². The number of benzene rings is 1. The first kappa shape index (κ1) is 11.4. The third kappa shape index (κ3) is 2.75. The van der Waals surface area contributed by atoms with E-state index in [0.717, 1.165) is 24.3 Å². The van der Waals surface area contributed by atoms with E-state index in [0.29, 0.717) is 6.61 Å². The molecule has 2 rings (SSSR count). The second-order valence-electron chi connectivity index (χ2n) is 3.73. The Morgan fingerprint density at radius 1 is 1.47 bits per heavy atom. The summed E-state index contributed by atoms with van der Waals surface area (Å²) >= 11 is 0. The second-order valence-corrected chi connectivity index (χ2v) is 3.73. The van der Waals surface area contributed by atoms with Crippen molar-refractivity contribution >= 4 is 0 Å². The van der Waals surface area contributed by atoms with E-state index in [1.54, 1.807) is 0 Å². The highest BCUT2D eigenvalue weighted by atomic mass is 16.5. The van der Waals surface area contributed by atoms with Crippen LogP contribution in [0.25, 0.3) is 5.69 Å². The zero-order valence-corrected chi connectivity index (χ0v) is 9.72. The van der Waals surface area contributed by atoms with Crippen molar-refractivity contribution in [1.82, 2.24) is 14.8 Å². The molecule has 1 N–H and O–H groups in total. The summed E-state index contributed by atoms with van der Waals surface area (Å²) in [5.74, 6) is 0.768. The fourth-order valence-electron chi connectivity index (χ4n) is 1.49. The van der Waals surface area contributed by atoms with Crippen molar-refractivity contribution in [2.75, 3.05) is 6.61 Å². The largest absolute Gasteiger partial charge is 0.494 e. The van der Waals surface area contributed by atoms with E-state index in [1.165, 1.54) is 10.9 Å². The van der Waals surface area contributed by atoms with Crippen LogP contribution in [0.3, 0.4) is 0 Å². The van der Waals surface area contributed by atoms with Gasteiger partial charge in [-0.25, -0.2) is 14.5 Å². The summed E-state index contributed by atoms with van der Waals surface area (Å²) in [4.78, 5) is 11.4. The van der Waals surface area contributed by atoms with Crippen LogP contribution in [-0.4, -0.2) is 21.4 Å². The number of aromatic nitrogens is 3. The van der Waals surface area contributed by atoms with Gasteiger partial charge in [-0.2, -0.15) is 5.10 Å². The SMILES string of the molecule is CCCCOc1cccc(-n2cn[nH]c2=O)c1. The Kier molecular flexibility index (Phi) is 3.59. The molecule has 0 unspecified atom stereocenters. The fraction of sp³-hybridized carbons (Fsp3) is 0.333. The zero-order valence-electron chi connectivity index (χ0n) is 9.72. The smallest absolute Gasteiger partial charge is 0.347 e. The minimum atomic E-state index is -0.254. The number of rotatable bonds is 5. The van der Waals surface area contributed by atoms with Gasteiger partial charge in [0.05, 0.1) is 12.3 Å². The first-order chi connectivity index (χ1) is 8.31. The molecule has 17 heavy (non-hydrogen) atoms. The number of hydrogen-bond donors (Lipinski definition) is 1. The van der Waals surface area contributed by atoms with E-state index in [1.807, 2.05) is 24.3 Å². The Hall–Kier alpha value is -2.04. The van der Waals surface area contributed by atoms with E-state index >= 15 is 0 Å². The summed E-state index contributed by atoms with van der Waals surface area (Å²) < 4.78 is 7.02. The van der Waals surface area contributed by atoms with Gasteiger partial charge < -0.3 is 4.74 Å². The maximum Gasteiger partial charge on any atom is 0.347 e. The van der Waals surface area contributed by atoms with Crippen LogP contribution in [0.15, 0.2) is 35.4 Å². The Morgan fingerprint density at radius 3 is 3.06 bits per heavy atom. The number of ether oxygens (including phenoxy) is 1. The number of nitrogens with zero attached hydrogens (tertiary/aromatic N) is 2. The Morgan fingerprint density at radius 2 is 2.35 bits per heavy atom. The fourth-order valence-corrected chi connectivity index (χ4v) is 1.49. The summed E-state index contributed by atoms with van der Waals surface area (Å²) in [6, 6.07) is 7.40. The van der Waals surface area contributed by atoms with Gasteiger partial charge in [0, 0.05) is 6.07 Å². The molecule has 0 radical (unpaired) electrons. The molecule has 0 saturated carbocycles. The summed E-state index contributed by atoms with van der Waals surface area (Å²) in [7, 11) is 0. The lowest BCUT2D eigenvalue weighted by molar-refractivity contribution is 0.309. The van der Waals surface area contributed by atoms with Gasteiger partial charge in [-0.3, -0.25) is 0 Å². The first-order valence-corrected chi connectivity index (χ1v) is 5.66. The van der Waals surface area contributed by atoms with Crippen LogP contribution in [-0.2, 0) is 0 Å². The lowest BCUT2D eigenvalue weighted by atomic mass is 10.3. The molecule has 1 aromatic carbocycles. The number of unbranched alkanes of at least 4 members (excludes halogenated alkanes) is 1. The number of nitrogens with one attached hydrogen (secondary N) is 1. The van der Waals surface area contributed by atoms with Crippen LogP contribution in [0.1, 0.15) is 19.8 Å². The van der Waals surface area contributed by atoms with Crippen LogP contribution in [0.5, 0.6) is 5.75 Å². The summed E-state index contributed by atoms with van der Waals surface area (Å²) in [5, 5.41) is 6.04. The molecule has 0 aliphatic carbocycles. The highest BCUT2D eigenvalue weighted by molar-refractivity contribution is 5.38. The van der Waals surface area contributed by atoms with Gasteiger partial charge in [0.2, 0.25) is 0 Å². The highest BCUT2D eigenvalue weighted by Crippen LogP contribution is 2.15. The van der Waals surface area contributed by atoms with E-state index in [-0.39, 0.29) is 5.69 Å². The van der Waals surface area contributed by atoms with Crippen LogP contribution < -0.4 is 10.4 Å². The highest BCUT2D eigenvalue weighted by Gasteiger charge is 2.02. The average molecular weight is 233 g/mol. The molecule has 0 aliphatic heterocycles. The van der Waals surface area contributed by atoms with Crippen LogP contribution in [0, 0.1) is 0 Å². The second kappa shape index (κ2) is 5.34. The molecular weight excluding hydrogens is 218 g/mol. The van der Waals surface area contributed by atoms with Crippen molar-refractivity contribution in [3.8, 4) is 11.4 Å². The van der Waals surface area contributed by atoms with Crippen molar-refractivity contribution in [3.63, 3.8) is 0 Å². The third-order valence-electron chi connectivity index (χ3n) is 2.41. The van der Waals surface area contributed by atoms with Gasteiger partial charge in [-0.05, 0) is 18.6 Å². The van der Waals surface area contributed by atoms with E-state index in [4.69, 9.17) is 4.74 Å². The topological polar surface area (TPSA) is 59.9 Å². The molecule has 0 bridgehead atoms. The molecule has 5 nitrogen and oxygen atoms in total. The van der Waals surface area contributed by atoms with Crippen LogP contribution in [0.4, 0.5) is 0 Å². The van der Waals surface area contributed by atoms with E-state index in [2.05, 4.69) is 17.1 Å². The van der Waals surface area contributed by atoms with Gasteiger partial charge in [-0.15, -0.1) is 0 Å². The maximum absolute atomic E-state index is 11.4. The molecule has 1 aromatic heterocycles. The van der Waals surface area contributed by atoms with E-state index in [9.17, 15) is 4.79 Å². The zero-order chi connectivity index (χ0) is 12.1. The molecule has 0 spiro atoms. The Bertz CT molecular complexity index is 530. The quantitative estimate of drug-likeness (QED) is 0.800. The van der Waals surface area contributed by atoms with Crippen molar-refractivity contribution < 1.29 is 4.74 Å². The lowest BCUT2D eigenvalue weighted by Crippen LogP contribution is -2.14. The average Bonchev–Trinajstić information content (AvgIpc) is 2.76. The predicted octanol–water partition coefficient (Wildman–Crippen LogP) is 1.74. The Balaban J connectivity index is 2.17. The molecule has 90 valence electrons. The minimum absolute atomic E-state index is 0.254. The molecule has 0 aliphatic rings. The standard InChI is InChI=1S/C12H15N3O2/c1-2-3-7-17-11-6-4-5-10(8-11)15-9-13-14-12(15)16/h4-6,8-9H,2-3,7H2,1H3,(H,14,16).